The van der Waals surface area contributed by atoms with Crippen LogP contribution in [0.4, 0.5) is 4.79 Å². The first-order valence-corrected chi connectivity index (χ1v) is 12.7. The molecule has 0 heterocycles. The summed E-state index contributed by atoms with van der Waals surface area (Å²) in [7, 11) is 0. The van der Waals surface area contributed by atoms with Crippen molar-refractivity contribution < 1.29 is 43.8 Å². The number of aliphatic hydroxyl groups excluding tert-OH is 1. The van der Waals surface area contributed by atoms with E-state index in [1.807, 2.05) is 0 Å². The number of hydrogen-bond donors (Lipinski definition) is 2. The molecule has 0 radical (unpaired) electrons. The lowest BCUT2D eigenvalue weighted by Crippen LogP contribution is -2.26. The zero-order valence-electron chi connectivity index (χ0n) is 21.4. The number of hydrogen-bond acceptors (Lipinski definition) is 10. The smallest absolute Gasteiger partial charge is 0.465 e. The largest absolute Gasteiger partial charge is 0.508 e. The lowest BCUT2D eigenvalue weighted by molar-refractivity contribution is -0.255. The third-order valence-electron chi connectivity index (χ3n) is 5.36. The van der Waals surface area contributed by atoms with Crippen molar-refractivity contribution in [3.05, 3.63) is 0 Å². The summed E-state index contributed by atoms with van der Waals surface area (Å²) < 4.78 is 20.5. The number of carbonyl (C=O) groups is 2. The summed E-state index contributed by atoms with van der Waals surface area (Å²) in [6.45, 7) is 9.31. The molecule has 0 aliphatic rings. The van der Waals surface area contributed by atoms with Gasteiger partial charge in [0.2, 0.25) is 0 Å². The summed E-state index contributed by atoms with van der Waals surface area (Å²) in [5.74, 6) is -1.07. The first kappa shape index (κ1) is 32.5. The monoisotopic (exact) mass is 493 g/mol. The molecule has 0 fully saturated rings. The molecule has 0 aromatic carbocycles. The Kier molecular flexibility index (Phi) is 22.3. The number of rotatable bonds is 23. The van der Waals surface area contributed by atoms with Crippen LogP contribution in [0.5, 0.6) is 0 Å². The molecular formula is C24H47NO9. The van der Waals surface area contributed by atoms with Crippen molar-refractivity contribution in [2.45, 2.75) is 84.8 Å². The van der Waals surface area contributed by atoms with Crippen LogP contribution >= 0.6 is 0 Å². The van der Waals surface area contributed by atoms with Gasteiger partial charge in [0.15, 0.2) is 6.29 Å². The van der Waals surface area contributed by atoms with Gasteiger partial charge < -0.3 is 29.0 Å². The molecule has 10 nitrogen and oxygen atoms in total. The van der Waals surface area contributed by atoms with Crippen molar-refractivity contribution in [2.24, 2.45) is 5.92 Å². The highest BCUT2D eigenvalue weighted by molar-refractivity contribution is 5.69. The van der Waals surface area contributed by atoms with Crippen LogP contribution in [0.25, 0.3) is 0 Å². The van der Waals surface area contributed by atoms with Crippen LogP contribution < -0.4 is 0 Å². The maximum Gasteiger partial charge on any atom is 0.508 e. The zero-order chi connectivity index (χ0) is 25.4. The average Bonchev–Trinajstić information content (AvgIpc) is 2.84. The minimum absolute atomic E-state index is 0.0141. The Hall–Kier alpha value is -1.46. The van der Waals surface area contributed by atoms with Gasteiger partial charge in [0.05, 0.1) is 32.2 Å². The van der Waals surface area contributed by atoms with Gasteiger partial charge in [-0.05, 0) is 25.9 Å². The Morgan fingerprint density at radius 3 is 2.18 bits per heavy atom. The second kappa shape index (κ2) is 23.3. The number of carbonyl (C=O) groups excluding carboxylic acids is 2. The summed E-state index contributed by atoms with van der Waals surface area (Å²) in [6.07, 6.45) is 5.76. The fraction of sp³-hybridized carbons (Fsp3) is 0.917. The minimum Gasteiger partial charge on any atom is -0.465 e. The van der Waals surface area contributed by atoms with Gasteiger partial charge in [0.25, 0.3) is 0 Å². The van der Waals surface area contributed by atoms with Crippen molar-refractivity contribution in [3.63, 3.8) is 0 Å². The van der Waals surface area contributed by atoms with Crippen LogP contribution in [0.3, 0.4) is 0 Å². The van der Waals surface area contributed by atoms with Crippen LogP contribution in [-0.2, 0) is 28.6 Å². The number of ether oxygens (including phenoxy) is 4. The molecule has 0 bridgehead atoms. The first-order valence-electron chi connectivity index (χ1n) is 12.7. The fourth-order valence-corrected chi connectivity index (χ4v) is 3.17. The lowest BCUT2D eigenvalue weighted by atomic mass is 10.1. The summed E-state index contributed by atoms with van der Waals surface area (Å²) in [5.41, 5.74) is 0. The summed E-state index contributed by atoms with van der Waals surface area (Å²) >= 11 is 0. The average molecular weight is 494 g/mol. The molecule has 0 aromatic rings. The second-order valence-corrected chi connectivity index (χ2v) is 8.27. The van der Waals surface area contributed by atoms with Crippen molar-refractivity contribution in [1.29, 1.82) is 0 Å². The molecule has 0 aromatic heterocycles. The third-order valence-corrected chi connectivity index (χ3v) is 5.36. The van der Waals surface area contributed by atoms with E-state index in [0.29, 0.717) is 13.0 Å². The predicted octanol–water partition coefficient (Wildman–Crippen LogP) is 4.00. The van der Waals surface area contributed by atoms with E-state index in [-0.39, 0.29) is 39.3 Å². The van der Waals surface area contributed by atoms with E-state index < -0.39 is 24.3 Å². The minimum atomic E-state index is -1.01. The summed E-state index contributed by atoms with van der Waals surface area (Å²) in [6, 6.07) is 0. The van der Waals surface area contributed by atoms with Gasteiger partial charge in [-0.25, -0.2) is 9.68 Å². The Labute approximate surface area is 204 Å². The van der Waals surface area contributed by atoms with Crippen LogP contribution in [-0.4, -0.2) is 86.3 Å². The van der Waals surface area contributed by atoms with Crippen LogP contribution in [0.2, 0.25) is 0 Å². The molecule has 0 spiro atoms. The first-order chi connectivity index (χ1) is 16.5. The van der Waals surface area contributed by atoms with Gasteiger partial charge in [-0.3, -0.25) is 10.1 Å². The van der Waals surface area contributed by atoms with Gasteiger partial charge in [-0.15, -0.1) is 0 Å². The standard InChI is InChI=1S/C24H47NO9/c1-4-7-8-9-10-11-16-30-22(26)13-14-23(27)32-18-21(20-34-29)19-33-24(28)31-17-12-15-25(5-2)6-3/h21-22,26,29H,4-20H2,1-3H3. The fourth-order valence-electron chi connectivity index (χ4n) is 3.17. The predicted molar refractivity (Wildman–Crippen MR) is 127 cm³/mol. The quantitative estimate of drug-likeness (QED) is 0.0709. The summed E-state index contributed by atoms with van der Waals surface area (Å²) in [4.78, 5) is 30.0. The van der Waals surface area contributed by atoms with Crippen molar-refractivity contribution in [2.75, 3.05) is 52.7 Å². The molecule has 0 rings (SSSR count). The molecule has 2 atom stereocenters. The van der Waals surface area contributed by atoms with E-state index in [4.69, 9.17) is 24.2 Å². The molecule has 0 aliphatic heterocycles. The Bertz CT molecular complexity index is 489. The molecule has 2 N–H and O–H groups in total. The van der Waals surface area contributed by atoms with Crippen LogP contribution in [0, 0.1) is 5.92 Å². The topological polar surface area (TPSA) is 124 Å². The maximum atomic E-state index is 11.9. The van der Waals surface area contributed by atoms with E-state index in [1.165, 1.54) is 19.3 Å². The van der Waals surface area contributed by atoms with Gasteiger partial charge in [0.1, 0.15) is 6.61 Å². The zero-order valence-corrected chi connectivity index (χ0v) is 21.4. The second-order valence-electron chi connectivity index (χ2n) is 8.27. The van der Waals surface area contributed by atoms with E-state index in [1.54, 1.807) is 0 Å². The lowest BCUT2D eigenvalue weighted by Gasteiger charge is -2.18. The van der Waals surface area contributed by atoms with Gasteiger partial charge in [0, 0.05) is 19.6 Å². The molecule has 10 heteroatoms. The Morgan fingerprint density at radius 1 is 0.824 bits per heavy atom. The van der Waals surface area contributed by atoms with Gasteiger partial charge in [-0.1, -0.05) is 52.9 Å². The van der Waals surface area contributed by atoms with E-state index in [0.717, 1.165) is 38.9 Å². The van der Waals surface area contributed by atoms with Crippen molar-refractivity contribution in [3.8, 4) is 0 Å². The van der Waals surface area contributed by atoms with Gasteiger partial charge >= 0.3 is 12.1 Å². The normalized spacial score (nSPS) is 13.0. The van der Waals surface area contributed by atoms with Crippen molar-refractivity contribution in [1.82, 2.24) is 4.90 Å². The van der Waals surface area contributed by atoms with E-state index in [9.17, 15) is 14.7 Å². The molecule has 34 heavy (non-hydrogen) atoms. The molecular weight excluding hydrogens is 446 g/mol. The highest BCUT2D eigenvalue weighted by Crippen LogP contribution is 2.08. The number of nitrogens with zero attached hydrogens (tertiary/aromatic N) is 1. The Morgan fingerprint density at radius 2 is 1.50 bits per heavy atom. The number of esters is 1. The third kappa shape index (κ3) is 20.0. The van der Waals surface area contributed by atoms with Crippen molar-refractivity contribution >= 4 is 12.1 Å². The van der Waals surface area contributed by atoms with Crippen LogP contribution in [0.15, 0.2) is 0 Å². The molecule has 2 unspecified atom stereocenters. The Balaban J connectivity index is 3.93. The highest BCUT2D eigenvalue weighted by atomic mass is 17.1. The molecule has 0 aliphatic carbocycles. The van der Waals surface area contributed by atoms with E-state index in [2.05, 4.69) is 30.6 Å². The SMILES string of the molecule is CCCCCCCCOC(O)CCC(=O)OCC(COO)COC(=O)OCCCN(CC)CC. The van der Waals surface area contributed by atoms with Gasteiger partial charge in [-0.2, -0.15) is 0 Å². The number of aliphatic hydroxyl groups is 1. The molecule has 0 saturated heterocycles. The summed E-state index contributed by atoms with van der Waals surface area (Å²) in [5, 5.41) is 18.5. The molecule has 0 saturated carbocycles. The molecule has 202 valence electrons. The maximum absolute atomic E-state index is 11.9. The van der Waals surface area contributed by atoms with Crippen LogP contribution in [0.1, 0.15) is 78.6 Å². The van der Waals surface area contributed by atoms with E-state index >= 15 is 0 Å². The highest BCUT2D eigenvalue weighted by Gasteiger charge is 2.17. The number of unbranched alkanes of at least 4 members (excludes halogenated alkanes) is 5. The molecule has 0 amide bonds.